The molecule has 2 amide bonds. The molecule has 208 valence electrons. The van der Waals surface area contributed by atoms with Gasteiger partial charge in [-0.25, -0.2) is 18.4 Å². The number of amides is 2. The molecule has 2 aromatic carbocycles. The van der Waals surface area contributed by atoms with E-state index in [2.05, 4.69) is 17.4 Å². The number of aryl methyl sites for hydroxylation is 1. The van der Waals surface area contributed by atoms with E-state index in [9.17, 15) is 18.4 Å². The third-order valence-corrected chi connectivity index (χ3v) is 6.74. The lowest BCUT2D eigenvalue weighted by Crippen LogP contribution is -2.68. The first kappa shape index (κ1) is 29.2. The van der Waals surface area contributed by atoms with Crippen LogP contribution in [-0.2, 0) is 16.0 Å². The van der Waals surface area contributed by atoms with Gasteiger partial charge in [-0.15, -0.1) is 0 Å². The van der Waals surface area contributed by atoms with Crippen LogP contribution in [0.25, 0.3) is 0 Å². The van der Waals surface area contributed by atoms with Crippen molar-refractivity contribution in [3.63, 3.8) is 0 Å². The Morgan fingerprint density at radius 2 is 1.61 bits per heavy atom. The number of halogens is 2. The first-order valence-electron chi connectivity index (χ1n) is 13.1. The number of esters is 1. The maximum Gasteiger partial charge on any atom is 0.332 e. The lowest BCUT2D eigenvalue weighted by molar-refractivity contribution is -0.178. The molecule has 3 rings (SSSR count). The highest BCUT2D eigenvalue weighted by molar-refractivity contribution is 5.89. The van der Waals surface area contributed by atoms with Gasteiger partial charge in [0.2, 0.25) is 0 Å². The molecule has 1 unspecified atom stereocenters. The highest BCUT2D eigenvalue weighted by atomic mass is 19.3. The van der Waals surface area contributed by atoms with E-state index in [1.807, 2.05) is 51.1 Å². The number of benzene rings is 2. The monoisotopic (exact) mass is 532 g/mol. The van der Waals surface area contributed by atoms with Crippen LogP contribution in [0.4, 0.5) is 13.6 Å². The smallest absolute Gasteiger partial charge is 0.332 e. The van der Waals surface area contributed by atoms with Crippen molar-refractivity contribution in [3.05, 3.63) is 59.7 Å². The number of carbonyl (C=O) groups excluding carboxylic acids is 2. The zero-order chi connectivity index (χ0) is 27.8. The fraction of sp³-hybridized carbons (Fsp3) is 0.517. The van der Waals surface area contributed by atoms with Crippen molar-refractivity contribution in [1.82, 2.24) is 10.2 Å². The summed E-state index contributed by atoms with van der Waals surface area (Å²) in [4.78, 5) is 27.6. The number of methoxy groups -OCH3 is 1. The van der Waals surface area contributed by atoms with E-state index in [1.54, 1.807) is 11.0 Å². The molecular formula is C29H38F2N2O5. The van der Waals surface area contributed by atoms with E-state index in [1.165, 1.54) is 5.56 Å². The molecule has 1 saturated carbocycles. The average molecular weight is 533 g/mol. The largest absolute Gasteiger partial charge is 0.494 e. The van der Waals surface area contributed by atoms with Gasteiger partial charge in [0.05, 0.1) is 26.4 Å². The molecule has 0 radical (unpaired) electrons. The molecule has 0 bridgehead atoms. The summed E-state index contributed by atoms with van der Waals surface area (Å²) in [7, 11) is 1.13. The average Bonchev–Trinajstić information content (AvgIpc) is 2.87. The number of alkyl halides is 2. The Bertz CT molecular complexity index is 1050. The lowest BCUT2D eigenvalue weighted by atomic mass is 9.73. The van der Waals surface area contributed by atoms with E-state index in [0.29, 0.717) is 37.7 Å². The van der Waals surface area contributed by atoms with Crippen LogP contribution >= 0.6 is 0 Å². The van der Waals surface area contributed by atoms with Gasteiger partial charge in [-0.2, -0.15) is 0 Å². The van der Waals surface area contributed by atoms with Crippen LogP contribution in [0.1, 0.15) is 63.6 Å². The Morgan fingerprint density at radius 1 is 1.00 bits per heavy atom. The van der Waals surface area contributed by atoms with Gasteiger partial charge in [-0.3, -0.25) is 0 Å². The Kier molecular flexibility index (Phi) is 9.94. The van der Waals surface area contributed by atoms with E-state index in [4.69, 9.17) is 14.2 Å². The summed E-state index contributed by atoms with van der Waals surface area (Å²) in [5.74, 6) is -2.69. The van der Waals surface area contributed by atoms with Crippen LogP contribution in [0.3, 0.4) is 0 Å². The van der Waals surface area contributed by atoms with Crippen LogP contribution < -0.4 is 14.8 Å². The molecule has 38 heavy (non-hydrogen) atoms. The number of nitrogens with one attached hydrogen (secondary N) is 1. The Balaban J connectivity index is 1.83. The van der Waals surface area contributed by atoms with E-state index < -0.39 is 42.3 Å². The molecule has 2 aromatic rings. The third-order valence-electron chi connectivity index (χ3n) is 6.74. The fourth-order valence-corrected chi connectivity index (χ4v) is 4.83. The summed E-state index contributed by atoms with van der Waals surface area (Å²) in [6, 6.07) is 14.5. The van der Waals surface area contributed by atoms with E-state index in [-0.39, 0.29) is 0 Å². The van der Waals surface area contributed by atoms with E-state index >= 15 is 0 Å². The highest BCUT2D eigenvalue weighted by Crippen LogP contribution is 2.46. The minimum atomic E-state index is -3.04. The maximum atomic E-state index is 13.8. The number of rotatable bonds is 13. The number of unbranched alkanes of at least 4 members (excludes halogenated alkanes) is 1. The van der Waals surface area contributed by atoms with Crippen molar-refractivity contribution in [1.29, 1.82) is 0 Å². The number of hydrogen-bond donors (Lipinski definition) is 1. The second kappa shape index (κ2) is 12.9. The highest BCUT2D eigenvalue weighted by Gasteiger charge is 2.63. The Labute approximate surface area is 223 Å². The van der Waals surface area contributed by atoms with Crippen molar-refractivity contribution < 1.29 is 32.6 Å². The summed E-state index contributed by atoms with van der Waals surface area (Å²) in [6.45, 7) is 6.90. The van der Waals surface area contributed by atoms with Gasteiger partial charge in [-0.05, 0) is 63.3 Å². The molecule has 1 aliphatic rings. The molecular weight excluding hydrogens is 494 g/mol. The number of nitrogens with zero attached hydrogens (tertiary/aromatic N) is 1. The second-order valence-corrected chi connectivity index (χ2v) is 9.63. The molecule has 7 nitrogen and oxygen atoms in total. The number of carbonyl (C=O) groups is 2. The first-order valence-corrected chi connectivity index (χ1v) is 13.1. The molecule has 0 aromatic heterocycles. The van der Waals surface area contributed by atoms with Crippen LogP contribution in [0.5, 0.6) is 11.5 Å². The second-order valence-electron chi connectivity index (χ2n) is 9.63. The Hall–Kier alpha value is -3.36. The summed E-state index contributed by atoms with van der Waals surface area (Å²) >= 11 is 0. The van der Waals surface area contributed by atoms with Gasteiger partial charge in [0.25, 0.3) is 5.92 Å². The molecule has 1 aliphatic carbocycles. The van der Waals surface area contributed by atoms with Gasteiger partial charge in [-0.1, -0.05) is 30.3 Å². The zero-order valence-electron chi connectivity index (χ0n) is 22.6. The molecule has 0 aliphatic heterocycles. The van der Waals surface area contributed by atoms with Crippen LogP contribution in [0.2, 0.25) is 0 Å². The molecule has 0 spiro atoms. The number of urea groups is 1. The molecule has 1 fully saturated rings. The molecule has 9 heteroatoms. The van der Waals surface area contributed by atoms with Crippen molar-refractivity contribution in [2.75, 3.05) is 26.9 Å². The van der Waals surface area contributed by atoms with Gasteiger partial charge >= 0.3 is 12.0 Å². The summed E-state index contributed by atoms with van der Waals surface area (Å²) < 4.78 is 43.9. The normalized spacial score (nSPS) is 16.1. The SMILES string of the molecule is CCOc1cc(OCC)cc(C(C)N(CCCCc2ccccc2)C(=O)NC2(C(=O)OC)CC(F)(F)C2)c1. The number of hydrogen-bond acceptors (Lipinski definition) is 5. The van der Waals surface area contributed by atoms with Gasteiger partial charge < -0.3 is 24.4 Å². The predicted molar refractivity (Wildman–Crippen MR) is 141 cm³/mol. The van der Waals surface area contributed by atoms with Crippen molar-refractivity contribution in [3.8, 4) is 11.5 Å². The fourth-order valence-electron chi connectivity index (χ4n) is 4.83. The topological polar surface area (TPSA) is 77.1 Å². The van der Waals surface area contributed by atoms with Crippen LogP contribution in [-0.4, -0.2) is 55.2 Å². The summed E-state index contributed by atoms with van der Waals surface area (Å²) in [5, 5.41) is 2.60. The van der Waals surface area contributed by atoms with Crippen molar-refractivity contribution in [2.45, 2.75) is 70.4 Å². The first-order chi connectivity index (χ1) is 18.1. The molecule has 0 saturated heterocycles. The summed E-state index contributed by atoms with van der Waals surface area (Å²) in [5.41, 5.74) is 0.216. The van der Waals surface area contributed by atoms with Gasteiger partial charge in [0, 0.05) is 25.5 Å². The number of ether oxygens (including phenoxy) is 3. The van der Waals surface area contributed by atoms with Crippen molar-refractivity contribution in [2.24, 2.45) is 0 Å². The van der Waals surface area contributed by atoms with Gasteiger partial charge in [0.1, 0.15) is 11.5 Å². The predicted octanol–water partition coefficient (Wildman–Crippen LogP) is 5.92. The van der Waals surface area contributed by atoms with Crippen LogP contribution in [0, 0.1) is 0 Å². The van der Waals surface area contributed by atoms with Crippen LogP contribution in [0.15, 0.2) is 48.5 Å². The molecule has 0 heterocycles. The molecule has 1 N–H and O–H groups in total. The minimum absolute atomic E-state index is 0.357. The third kappa shape index (κ3) is 7.36. The quantitative estimate of drug-likeness (QED) is 0.256. The van der Waals surface area contributed by atoms with E-state index in [0.717, 1.165) is 25.5 Å². The van der Waals surface area contributed by atoms with Crippen molar-refractivity contribution >= 4 is 12.0 Å². The summed E-state index contributed by atoms with van der Waals surface area (Å²) in [6.07, 6.45) is 0.768. The standard InChI is InChI=1S/C29H38F2N2O5/c1-5-37-24-16-23(17-25(18-24)38-6-2)21(3)33(15-11-10-14-22-12-8-7-9-13-22)27(35)32-28(26(34)36-4)19-29(30,31)20-28/h7-9,12-13,16-18,21H,5-6,10-11,14-15,19-20H2,1-4H3,(H,32,35). The molecule has 1 atom stereocenters. The Morgan fingerprint density at radius 3 is 2.13 bits per heavy atom. The maximum absolute atomic E-state index is 13.8. The lowest BCUT2D eigenvalue weighted by Gasteiger charge is -2.46. The van der Waals surface area contributed by atoms with Gasteiger partial charge in [0.15, 0.2) is 5.54 Å². The minimum Gasteiger partial charge on any atom is -0.494 e. The zero-order valence-corrected chi connectivity index (χ0v) is 22.6.